The van der Waals surface area contributed by atoms with Gasteiger partial charge in [-0.1, -0.05) is 5.16 Å². The summed E-state index contributed by atoms with van der Waals surface area (Å²) < 4.78 is 0. The normalized spacial score (nSPS) is 19.6. The average Bonchev–Trinajstić information content (AvgIpc) is 2.54. The molecule has 7 nitrogen and oxygen atoms in total. The fourth-order valence-electron chi connectivity index (χ4n) is 2.56. The van der Waals surface area contributed by atoms with Gasteiger partial charge in [0.25, 0.3) is 5.91 Å². The van der Waals surface area contributed by atoms with Crippen LogP contribution in [0.15, 0.2) is 23.5 Å². The second-order valence-electron chi connectivity index (χ2n) is 5.19. The Morgan fingerprint density at radius 1 is 1.52 bits per heavy atom. The Morgan fingerprint density at radius 3 is 2.95 bits per heavy atom. The summed E-state index contributed by atoms with van der Waals surface area (Å²) in [7, 11) is 0. The van der Waals surface area contributed by atoms with Crippen LogP contribution in [0.5, 0.6) is 0 Å². The van der Waals surface area contributed by atoms with E-state index in [-0.39, 0.29) is 18.3 Å². The van der Waals surface area contributed by atoms with Crippen molar-refractivity contribution in [3.05, 3.63) is 29.6 Å². The number of amides is 1. The summed E-state index contributed by atoms with van der Waals surface area (Å²) in [6.45, 7) is 1.52. The van der Waals surface area contributed by atoms with Crippen molar-refractivity contribution in [2.75, 3.05) is 19.7 Å². The number of piperidine rings is 1. The number of nitrogens with two attached hydrogens (primary N) is 1. The number of carbonyl (C=O) groups is 1. The van der Waals surface area contributed by atoms with Gasteiger partial charge in [0.05, 0.1) is 0 Å². The summed E-state index contributed by atoms with van der Waals surface area (Å²) >= 11 is 0. The van der Waals surface area contributed by atoms with Gasteiger partial charge in [0.15, 0.2) is 5.84 Å². The maximum Gasteiger partial charge on any atom is 0.272 e. The molecule has 1 aromatic rings. The van der Waals surface area contributed by atoms with Crippen LogP contribution < -0.4 is 5.73 Å². The maximum absolute atomic E-state index is 12.4. The number of aromatic nitrogens is 1. The Balaban J connectivity index is 2.05. The number of pyridine rings is 1. The van der Waals surface area contributed by atoms with Gasteiger partial charge in [-0.05, 0) is 37.3 Å². The van der Waals surface area contributed by atoms with Crippen LogP contribution in [0, 0.1) is 5.92 Å². The second kappa shape index (κ2) is 7.03. The van der Waals surface area contributed by atoms with Crippen LogP contribution in [0.4, 0.5) is 0 Å². The first-order valence-electron chi connectivity index (χ1n) is 6.99. The monoisotopic (exact) mass is 292 g/mol. The van der Waals surface area contributed by atoms with E-state index in [4.69, 9.17) is 16.0 Å². The lowest BCUT2D eigenvalue weighted by Gasteiger charge is -2.32. The highest BCUT2D eigenvalue weighted by Crippen LogP contribution is 2.20. The van der Waals surface area contributed by atoms with Crippen molar-refractivity contribution >= 4 is 11.7 Å². The van der Waals surface area contributed by atoms with Crippen LogP contribution in [0.3, 0.4) is 0 Å². The zero-order valence-electron chi connectivity index (χ0n) is 11.8. The van der Waals surface area contributed by atoms with Gasteiger partial charge < -0.3 is 20.9 Å². The van der Waals surface area contributed by atoms with E-state index in [2.05, 4.69) is 10.1 Å². The van der Waals surface area contributed by atoms with Crippen molar-refractivity contribution in [3.63, 3.8) is 0 Å². The summed E-state index contributed by atoms with van der Waals surface area (Å²) in [5.41, 5.74) is 6.26. The molecule has 1 aliphatic heterocycles. The van der Waals surface area contributed by atoms with Crippen molar-refractivity contribution < 1.29 is 15.1 Å². The maximum atomic E-state index is 12.4. The van der Waals surface area contributed by atoms with Gasteiger partial charge in [0.1, 0.15) is 5.69 Å². The minimum atomic E-state index is -0.122. The summed E-state index contributed by atoms with van der Waals surface area (Å²) in [5.74, 6) is 0.190. The van der Waals surface area contributed by atoms with Gasteiger partial charge in [-0.25, -0.2) is 0 Å². The molecule has 1 unspecified atom stereocenters. The lowest BCUT2D eigenvalue weighted by Crippen LogP contribution is -2.40. The molecule has 7 heteroatoms. The predicted molar refractivity (Wildman–Crippen MR) is 77.1 cm³/mol. The number of likely N-dealkylation sites (tertiary alicyclic amines) is 1. The van der Waals surface area contributed by atoms with Crippen LogP contribution in [0.1, 0.15) is 35.3 Å². The van der Waals surface area contributed by atoms with Crippen LogP contribution >= 0.6 is 0 Å². The Kier molecular flexibility index (Phi) is 5.10. The van der Waals surface area contributed by atoms with Crippen LogP contribution in [0.2, 0.25) is 0 Å². The molecule has 0 aromatic carbocycles. The highest BCUT2D eigenvalue weighted by molar-refractivity contribution is 5.98. The number of oxime groups is 1. The van der Waals surface area contributed by atoms with E-state index < -0.39 is 0 Å². The minimum Gasteiger partial charge on any atom is -0.409 e. The lowest BCUT2D eigenvalue weighted by atomic mass is 9.95. The van der Waals surface area contributed by atoms with E-state index in [1.807, 2.05) is 0 Å². The number of amidine groups is 1. The molecule has 1 aromatic heterocycles. The molecular formula is C14H20N4O3. The van der Waals surface area contributed by atoms with Gasteiger partial charge >= 0.3 is 0 Å². The molecule has 2 heterocycles. The van der Waals surface area contributed by atoms with Gasteiger partial charge in [0, 0.05) is 31.5 Å². The van der Waals surface area contributed by atoms with Crippen LogP contribution in [-0.2, 0) is 0 Å². The molecule has 0 saturated carbocycles. The molecule has 114 valence electrons. The second-order valence-corrected chi connectivity index (χ2v) is 5.19. The highest BCUT2D eigenvalue weighted by Gasteiger charge is 2.24. The molecule has 1 aliphatic rings. The number of aliphatic hydroxyl groups excluding tert-OH is 1. The zero-order chi connectivity index (χ0) is 15.2. The molecule has 0 aliphatic carbocycles. The zero-order valence-corrected chi connectivity index (χ0v) is 11.8. The number of carbonyl (C=O) groups excluding carboxylic acids is 1. The van der Waals surface area contributed by atoms with E-state index in [9.17, 15) is 4.79 Å². The molecule has 4 N–H and O–H groups in total. The molecule has 0 bridgehead atoms. The summed E-state index contributed by atoms with van der Waals surface area (Å²) in [6, 6.07) is 3.18. The fourth-order valence-corrected chi connectivity index (χ4v) is 2.56. The average molecular weight is 292 g/mol. The van der Waals surface area contributed by atoms with Crippen LogP contribution in [0.25, 0.3) is 0 Å². The molecule has 0 spiro atoms. The summed E-state index contributed by atoms with van der Waals surface area (Å²) in [6.07, 6.45) is 4.12. The SMILES string of the molecule is N/C(=N/O)c1ccc(C(=O)N2CCCC(CCO)C2)nc1. The third-order valence-corrected chi connectivity index (χ3v) is 3.73. The van der Waals surface area contributed by atoms with Gasteiger partial charge in [-0.2, -0.15) is 0 Å². The Morgan fingerprint density at radius 2 is 2.33 bits per heavy atom. The molecule has 2 rings (SSSR count). The summed E-state index contributed by atoms with van der Waals surface area (Å²) in [4.78, 5) is 18.2. The Labute approximate surface area is 123 Å². The number of rotatable bonds is 4. The first-order valence-corrected chi connectivity index (χ1v) is 6.99. The third kappa shape index (κ3) is 3.69. The molecule has 1 fully saturated rings. The Bertz CT molecular complexity index is 513. The van der Waals surface area contributed by atoms with E-state index in [1.165, 1.54) is 6.20 Å². The quantitative estimate of drug-likeness (QED) is 0.322. The van der Waals surface area contributed by atoms with Crippen molar-refractivity contribution in [1.82, 2.24) is 9.88 Å². The Hall–Kier alpha value is -2.15. The predicted octanol–water partition coefficient (Wildman–Crippen LogP) is 0.411. The highest BCUT2D eigenvalue weighted by atomic mass is 16.4. The largest absolute Gasteiger partial charge is 0.409 e. The molecule has 1 amide bonds. The number of hydrogen-bond donors (Lipinski definition) is 3. The lowest BCUT2D eigenvalue weighted by molar-refractivity contribution is 0.0648. The number of aliphatic hydroxyl groups is 1. The van der Waals surface area contributed by atoms with Gasteiger partial charge in [-0.3, -0.25) is 9.78 Å². The van der Waals surface area contributed by atoms with Crippen LogP contribution in [-0.4, -0.2) is 51.6 Å². The van der Waals surface area contributed by atoms with E-state index >= 15 is 0 Å². The fraction of sp³-hybridized carbons (Fsp3) is 0.500. The topological polar surface area (TPSA) is 112 Å². The molecule has 1 atom stereocenters. The van der Waals surface area contributed by atoms with Gasteiger partial charge in [-0.15, -0.1) is 0 Å². The summed E-state index contributed by atoms with van der Waals surface area (Å²) in [5, 5.41) is 20.5. The first-order chi connectivity index (χ1) is 10.2. The van der Waals surface area contributed by atoms with Gasteiger partial charge in [0.2, 0.25) is 0 Å². The van der Waals surface area contributed by atoms with E-state index in [1.54, 1.807) is 17.0 Å². The molecule has 0 radical (unpaired) electrons. The van der Waals surface area contributed by atoms with Crippen molar-refractivity contribution in [3.8, 4) is 0 Å². The van der Waals surface area contributed by atoms with E-state index in [0.717, 1.165) is 19.3 Å². The molecular weight excluding hydrogens is 272 g/mol. The molecule has 21 heavy (non-hydrogen) atoms. The third-order valence-electron chi connectivity index (χ3n) is 3.73. The van der Waals surface area contributed by atoms with Crippen molar-refractivity contribution in [2.24, 2.45) is 16.8 Å². The minimum absolute atomic E-state index is 0.0394. The number of hydrogen-bond acceptors (Lipinski definition) is 5. The first kappa shape index (κ1) is 15.2. The van der Waals surface area contributed by atoms with E-state index in [0.29, 0.717) is 30.3 Å². The van der Waals surface area contributed by atoms with Crippen molar-refractivity contribution in [2.45, 2.75) is 19.3 Å². The molecule has 1 saturated heterocycles. The van der Waals surface area contributed by atoms with Crippen molar-refractivity contribution in [1.29, 1.82) is 0 Å². The standard InChI is InChI=1S/C14H20N4O3/c15-13(17-21)11-3-4-12(16-8-11)14(20)18-6-1-2-10(9-18)5-7-19/h3-4,8,10,19,21H,1-2,5-7,9H2,(H2,15,17). The smallest absolute Gasteiger partial charge is 0.272 e. The number of nitrogens with zero attached hydrogens (tertiary/aromatic N) is 3.